The maximum atomic E-state index is 12.2. The van der Waals surface area contributed by atoms with Gasteiger partial charge >= 0.3 is 11.6 Å². The molecule has 1 amide bonds. The molecule has 0 saturated carbocycles. The predicted molar refractivity (Wildman–Crippen MR) is 89.7 cm³/mol. The number of nitrogens with one attached hydrogen (secondary N) is 1. The summed E-state index contributed by atoms with van der Waals surface area (Å²) in [6, 6.07) is -0.705. The van der Waals surface area contributed by atoms with Crippen molar-refractivity contribution < 1.29 is 14.5 Å². The van der Waals surface area contributed by atoms with Gasteiger partial charge in [0.2, 0.25) is 5.91 Å². The first-order chi connectivity index (χ1) is 11.8. The molecule has 1 N–H and O–H groups in total. The minimum Gasteiger partial charge on any atom is -0.475 e. The third-order valence-corrected chi connectivity index (χ3v) is 3.97. The fourth-order valence-corrected chi connectivity index (χ4v) is 2.31. The van der Waals surface area contributed by atoms with Crippen molar-refractivity contribution in [3.63, 3.8) is 0 Å². The number of amides is 1. The molecule has 2 rings (SSSR count). The second-order valence-electron chi connectivity index (χ2n) is 5.41. The molecule has 2 aromatic rings. The lowest BCUT2D eigenvalue weighted by Crippen LogP contribution is -2.32. The molecule has 0 aliphatic rings. The topological polar surface area (TPSA) is 117 Å². The average Bonchev–Trinajstić information content (AvgIpc) is 3.14. The number of carbonyl (C=O) groups is 1. The SMILES string of the molecule is COc1nn(C(C)C(=O)NCCCn2cc(Cl)c(C)n2)cc1[N+](=O)[O-]. The molecule has 0 aliphatic heterocycles. The predicted octanol–water partition coefficient (Wildman–Crippen LogP) is 1.73. The Morgan fingerprint density at radius 2 is 2.20 bits per heavy atom. The summed E-state index contributed by atoms with van der Waals surface area (Å²) in [6.45, 7) is 4.46. The molecule has 136 valence electrons. The van der Waals surface area contributed by atoms with E-state index in [0.717, 1.165) is 5.69 Å². The van der Waals surface area contributed by atoms with Crippen LogP contribution in [0.1, 0.15) is 25.1 Å². The van der Waals surface area contributed by atoms with Crippen molar-refractivity contribution in [2.45, 2.75) is 32.9 Å². The van der Waals surface area contributed by atoms with E-state index in [0.29, 0.717) is 24.5 Å². The van der Waals surface area contributed by atoms with E-state index in [4.69, 9.17) is 16.3 Å². The fraction of sp³-hybridized carbons (Fsp3) is 0.500. The summed E-state index contributed by atoms with van der Waals surface area (Å²) in [6.07, 6.45) is 3.58. The molecular formula is C14H19ClN6O4. The number of nitro groups is 1. The van der Waals surface area contributed by atoms with Crippen molar-refractivity contribution in [2.24, 2.45) is 0 Å². The second kappa shape index (κ2) is 7.97. The van der Waals surface area contributed by atoms with Crippen LogP contribution in [0.5, 0.6) is 5.88 Å². The highest BCUT2D eigenvalue weighted by Crippen LogP contribution is 2.25. The van der Waals surface area contributed by atoms with Gasteiger partial charge in [-0.25, -0.2) is 4.68 Å². The molecule has 0 bridgehead atoms. The van der Waals surface area contributed by atoms with Crippen LogP contribution in [0, 0.1) is 17.0 Å². The molecule has 2 heterocycles. The van der Waals surface area contributed by atoms with Crippen LogP contribution in [0.2, 0.25) is 5.02 Å². The zero-order chi connectivity index (χ0) is 18.6. The smallest absolute Gasteiger partial charge is 0.350 e. The van der Waals surface area contributed by atoms with Gasteiger partial charge in [0.15, 0.2) is 0 Å². The van der Waals surface area contributed by atoms with Crippen LogP contribution in [0.15, 0.2) is 12.4 Å². The zero-order valence-corrected chi connectivity index (χ0v) is 14.9. The lowest BCUT2D eigenvalue weighted by Gasteiger charge is -2.12. The maximum Gasteiger partial charge on any atom is 0.350 e. The Balaban J connectivity index is 1.86. The Morgan fingerprint density at radius 1 is 1.48 bits per heavy atom. The third-order valence-electron chi connectivity index (χ3n) is 3.60. The third kappa shape index (κ3) is 4.47. The van der Waals surface area contributed by atoms with E-state index in [9.17, 15) is 14.9 Å². The molecule has 1 unspecified atom stereocenters. The van der Waals surface area contributed by atoms with Gasteiger partial charge in [-0.05, 0) is 20.3 Å². The molecule has 0 fully saturated rings. The normalized spacial score (nSPS) is 12.0. The number of methoxy groups -OCH3 is 1. The highest BCUT2D eigenvalue weighted by molar-refractivity contribution is 6.31. The van der Waals surface area contributed by atoms with Gasteiger partial charge in [0.25, 0.3) is 0 Å². The van der Waals surface area contributed by atoms with Crippen molar-refractivity contribution in [2.75, 3.05) is 13.7 Å². The first-order valence-electron chi connectivity index (χ1n) is 7.58. The number of carbonyl (C=O) groups excluding carboxylic acids is 1. The summed E-state index contributed by atoms with van der Waals surface area (Å²) in [5.41, 5.74) is 0.474. The van der Waals surface area contributed by atoms with Gasteiger partial charge in [0.1, 0.15) is 12.2 Å². The highest BCUT2D eigenvalue weighted by atomic mass is 35.5. The fourth-order valence-electron chi connectivity index (χ4n) is 2.16. The lowest BCUT2D eigenvalue weighted by molar-refractivity contribution is -0.385. The summed E-state index contributed by atoms with van der Waals surface area (Å²) in [5, 5.41) is 22.4. The van der Waals surface area contributed by atoms with Crippen LogP contribution in [0.4, 0.5) is 5.69 Å². The monoisotopic (exact) mass is 370 g/mol. The summed E-state index contributed by atoms with van der Waals surface area (Å²) in [5.74, 6) is -0.426. The van der Waals surface area contributed by atoms with Crippen LogP contribution < -0.4 is 10.1 Å². The summed E-state index contributed by atoms with van der Waals surface area (Å²) in [4.78, 5) is 22.5. The van der Waals surface area contributed by atoms with Gasteiger partial charge in [-0.1, -0.05) is 11.6 Å². The van der Waals surface area contributed by atoms with E-state index in [-0.39, 0.29) is 17.5 Å². The van der Waals surface area contributed by atoms with E-state index in [1.807, 2.05) is 6.92 Å². The molecule has 11 heteroatoms. The number of aromatic nitrogens is 4. The molecule has 0 aliphatic carbocycles. The second-order valence-corrected chi connectivity index (χ2v) is 5.81. The van der Waals surface area contributed by atoms with Gasteiger partial charge in [0.05, 0.1) is 22.7 Å². The van der Waals surface area contributed by atoms with E-state index >= 15 is 0 Å². The van der Waals surface area contributed by atoms with Crippen molar-refractivity contribution >= 4 is 23.2 Å². The van der Waals surface area contributed by atoms with E-state index in [2.05, 4.69) is 15.5 Å². The number of aryl methyl sites for hydroxylation is 2. The molecule has 25 heavy (non-hydrogen) atoms. The molecule has 1 atom stereocenters. The van der Waals surface area contributed by atoms with Crippen LogP contribution in [-0.2, 0) is 11.3 Å². The van der Waals surface area contributed by atoms with Gasteiger partial charge in [0, 0.05) is 19.3 Å². The summed E-state index contributed by atoms with van der Waals surface area (Å²) < 4.78 is 7.78. The van der Waals surface area contributed by atoms with E-state index < -0.39 is 11.0 Å². The lowest BCUT2D eigenvalue weighted by atomic mass is 10.3. The van der Waals surface area contributed by atoms with Gasteiger partial charge < -0.3 is 10.1 Å². The van der Waals surface area contributed by atoms with Crippen LogP contribution in [0.3, 0.4) is 0 Å². The van der Waals surface area contributed by atoms with Crippen molar-refractivity contribution in [1.82, 2.24) is 24.9 Å². The van der Waals surface area contributed by atoms with E-state index in [1.54, 1.807) is 17.8 Å². The number of hydrogen-bond acceptors (Lipinski definition) is 6. The number of nitrogens with zero attached hydrogens (tertiary/aromatic N) is 5. The molecule has 0 radical (unpaired) electrons. The quantitative estimate of drug-likeness (QED) is 0.429. The standard InChI is InChI=1S/C14H19ClN6O4/c1-9-11(15)7-19(17-9)6-4-5-16-13(22)10(2)20-8-12(21(23)24)14(18-20)25-3/h7-8,10H,4-6H2,1-3H3,(H,16,22). The number of halogens is 1. The number of ether oxygens (including phenoxy) is 1. The van der Waals surface area contributed by atoms with Crippen molar-refractivity contribution in [1.29, 1.82) is 0 Å². The first-order valence-corrected chi connectivity index (χ1v) is 7.96. The van der Waals surface area contributed by atoms with Crippen LogP contribution in [0.25, 0.3) is 0 Å². The molecular weight excluding hydrogens is 352 g/mol. The minimum atomic E-state index is -0.705. The number of hydrogen-bond donors (Lipinski definition) is 1. The average molecular weight is 371 g/mol. The molecule has 0 spiro atoms. The maximum absolute atomic E-state index is 12.2. The Bertz CT molecular complexity index is 752. The number of rotatable bonds is 8. The van der Waals surface area contributed by atoms with Crippen molar-refractivity contribution in [3.05, 3.63) is 33.2 Å². The first kappa shape index (κ1) is 18.7. The molecule has 2 aromatic heterocycles. The zero-order valence-electron chi connectivity index (χ0n) is 14.1. The summed E-state index contributed by atoms with van der Waals surface area (Å²) >= 11 is 5.93. The van der Waals surface area contributed by atoms with E-state index in [1.165, 1.54) is 18.0 Å². The van der Waals surface area contributed by atoms with Crippen molar-refractivity contribution in [3.8, 4) is 5.88 Å². The van der Waals surface area contributed by atoms with Crippen LogP contribution in [-0.4, -0.2) is 44.0 Å². The Labute approximate surface area is 148 Å². The molecule has 0 saturated heterocycles. The molecule has 0 aromatic carbocycles. The highest BCUT2D eigenvalue weighted by Gasteiger charge is 2.24. The Kier molecular flexibility index (Phi) is 5.97. The van der Waals surface area contributed by atoms with Gasteiger partial charge in [-0.3, -0.25) is 19.6 Å². The largest absolute Gasteiger partial charge is 0.475 e. The molecule has 10 nitrogen and oxygen atoms in total. The minimum absolute atomic E-state index is 0.129. The Morgan fingerprint density at radius 3 is 2.72 bits per heavy atom. The Hall–Kier alpha value is -2.62. The van der Waals surface area contributed by atoms with Gasteiger partial charge in [-0.15, -0.1) is 5.10 Å². The van der Waals surface area contributed by atoms with Gasteiger partial charge in [-0.2, -0.15) is 5.10 Å². The summed E-state index contributed by atoms with van der Waals surface area (Å²) in [7, 11) is 1.29. The van der Waals surface area contributed by atoms with Crippen LogP contribution >= 0.6 is 11.6 Å².